The van der Waals surface area contributed by atoms with Crippen molar-refractivity contribution in [1.29, 1.82) is 0 Å². The maximum absolute atomic E-state index is 13.1. The number of aromatic nitrogens is 1. The minimum Gasteiger partial charge on any atom is -0.494 e. The Hall–Kier alpha value is -2.81. The molecule has 28 heavy (non-hydrogen) atoms. The van der Waals surface area contributed by atoms with Crippen LogP contribution in [0.1, 0.15) is 44.7 Å². The molecule has 0 radical (unpaired) electrons. The number of rotatable bonds is 5. The molecule has 1 aliphatic carbocycles. The van der Waals surface area contributed by atoms with Gasteiger partial charge < -0.3 is 21.1 Å². The summed E-state index contributed by atoms with van der Waals surface area (Å²) in [6.45, 7) is 4.56. The average Bonchev–Trinajstić information content (AvgIpc) is 3.33. The zero-order valence-electron chi connectivity index (χ0n) is 16.1. The Labute approximate surface area is 163 Å². The van der Waals surface area contributed by atoms with Crippen LogP contribution in [0.15, 0.2) is 29.8 Å². The molecule has 9 heteroatoms. The summed E-state index contributed by atoms with van der Waals surface area (Å²) in [6.07, 6.45) is 3.53. The van der Waals surface area contributed by atoms with E-state index < -0.39 is 18.0 Å². The number of aliphatic hydroxyl groups excluding tert-OH is 1. The van der Waals surface area contributed by atoms with Crippen molar-refractivity contribution < 1.29 is 14.7 Å². The van der Waals surface area contributed by atoms with Gasteiger partial charge in [-0.2, -0.15) is 0 Å². The van der Waals surface area contributed by atoms with Gasteiger partial charge in [-0.05, 0) is 24.8 Å². The first-order valence-corrected chi connectivity index (χ1v) is 9.67. The Morgan fingerprint density at radius 3 is 2.86 bits per heavy atom. The number of anilines is 1. The summed E-state index contributed by atoms with van der Waals surface area (Å²) in [5.41, 5.74) is 9.76. The molecule has 9 nitrogen and oxygen atoms in total. The largest absolute Gasteiger partial charge is 0.494 e. The lowest BCUT2D eigenvalue weighted by atomic mass is 10.0. The van der Waals surface area contributed by atoms with Gasteiger partial charge in [0.2, 0.25) is 5.88 Å². The number of hydrogen-bond acceptors (Lipinski definition) is 7. The van der Waals surface area contributed by atoms with E-state index in [-0.39, 0.29) is 29.5 Å². The number of fused-ring (bicyclic) bond motifs is 1. The molecule has 2 unspecified atom stereocenters. The molecule has 150 valence electrons. The number of carbonyl (C=O) groups is 2. The summed E-state index contributed by atoms with van der Waals surface area (Å²) < 4.78 is 0. The van der Waals surface area contributed by atoms with E-state index in [0.29, 0.717) is 18.8 Å². The number of nitrogens with zero attached hydrogens (tertiary/aromatic N) is 3. The summed E-state index contributed by atoms with van der Waals surface area (Å²) >= 11 is 0. The van der Waals surface area contributed by atoms with E-state index in [9.17, 15) is 14.7 Å². The third kappa shape index (κ3) is 3.26. The van der Waals surface area contributed by atoms with E-state index in [1.165, 1.54) is 5.01 Å². The Bertz CT molecular complexity index is 835. The van der Waals surface area contributed by atoms with Crippen LogP contribution in [0.5, 0.6) is 0 Å². The average molecular weight is 386 g/mol. The molecule has 0 aromatic carbocycles. The number of hydrazine groups is 1. The molecular weight excluding hydrogens is 360 g/mol. The van der Waals surface area contributed by atoms with E-state index in [2.05, 4.69) is 15.7 Å². The molecule has 1 saturated carbocycles. The highest BCUT2D eigenvalue weighted by molar-refractivity contribution is 6.19. The quantitative estimate of drug-likeness (QED) is 0.552. The highest BCUT2D eigenvalue weighted by Crippen LogP contribution is 2.37. The number of aliphatic hydroxyl groups is 1. The van der Waals surface area contributed by atoms with Gasteiger partial charge >= 0.3 is 0 Å². The molecule has 3 aliphatic rings. The molecule has 2 fully saturated rings. The zero-order valence-corrected chi connectivity index (χ0v) is 16.1. The van der Waals surface area contributed by atoms with Crippen LogP contribution in [0, 0.1) is 5.92 Å². The molecule has 1 aromatic heterocycles. The van der Waals surface area contributed by atoms with Gasteiger partial charge in [-0.25, -0.2) is 15.4 Å². The van der Waals surface area contributed by atoms with Crippen LogP contribution in [0.3, 0.4) is 0 Å². The number of carbonyl (C=O) groups excluding carboxylic acids is 2. The number of hydrogen-bond donors (Lipinski definition) is 4. The van der Waals surface area contributed by atoms with Gasteiger partial charge in [-0.15, -0.1) is 0 Å². The second kappa shape index (κ2) is 6.97. The number of nitrogens with two attached hydrogens (primary N) is 1. The van der Waals surface area contributed by atoms with Crippen molar-refractivity contribution in [3.8, 4) is 0 Å². The van der Waals surface area contributed by atoms with Gasteiger partial charge in [0.1, 0.15) is 12.0 Å². The highest BCUT2D eigenvalue weighted by atomic mass is 16.3. The van der Waals surface area contributed by atoms with Crippen molar-refractivity contribution in [1.82, 2.24) is 25.6 Å². The van der Waals surface area contributed by atoms with Crippen molar-refractivity contribution in [3.63, 3.8) is 0 Å². The van der Waals surface area contributed by atoms with Crippen molar-refractivity contribution >= 4 is 17.6 Å². The van der Waals surface area contributed by atoms with Gasteiger partial charge in [0.15, 0.2) is 5.57 Å². The third-order valence-corrected chi connectivity index (χ3v) is 5.28. The molecule has 4 rings (SSSR count). The van der Waals surface area contributed by atoms with Crippen LogP contribution in [-0.4, -0.2) is 50.6 Å². The molecule has 1 saturated heterocycles. The van der Waals surface area contributed by atoms with Crippen molar-refractivity contribution in [2.75, 3.05) is 12.3 Å². The molecule has 1 aromatic rings. The first kappa shape index (κ1) is 18.5. The Kier molecular flexibility index (Phi) is 4.62. The predicted octanol–water partition coefficient (Wildman–Crippen LogP) is 0.788. The first-order chi connectivity index (χ1) is 13.4. The lowest BCUT2D eigenvalue weighted by molar-refractivity contribution is -0.141. The maximum atomic E-state index is 13.1. The van der Waals surface area contributed by atoms with Gasteiger partial charge in [-0.3, -0.25) is 9.59 Å². The van der Waals surface area contributed by atoms with Crippen LogP contribution in [0.4, 0.5) is 5.82 Å². The smallest absolute Gasteiger partial charge is 0.280 e. The second-order valence-electron chi connectivity index (χ2n) is 8.04. The molecular formula is C19H26N6O3. The van der Waals surface area contributed by atoms with Crippen LogP contribution >= 0.6 is 0 Å². The Morgan fingerprint density at radius 2 is 2.21 bits per heavy atom. The molecule has 2 atom stereocenters. The number of pyridine rings is 1. The predicted molar refractivity (Wildman–Crippen MR) is 102 cm³/mol. The van der Waals surface area contributed by atoms with Crippen molar-refractivity contribution in [2.45, 2.75) is 51.4 Å². The fraction of sp³-hybridized carbons (Fsp3) is 0.526. The van der Waals surface area contributed by atoms with E-state index in [4.69, 9.17) is 5.73 Å². The highest BCUT2D eigenvalue weighted by Gasteiger charge is 2.48. The Morgan fingerprint density at radius 1 is 1.46 bits per heavy atom. The minimum absolute atomic E-state index is 0.0892. The lowest BCUT2D eigenvalue weighted by Crippen LogP contribution is -2.57. The zero-order chi connectivity index (χ0) is 20.0. The van der Waals surface area contributed by atoms with Gasteiger partial charge in [0, 0.05) is 30.8 Å². The SMILES string of the molecule is CC(C)CN1C(O)=C(C(=O)NC2CC2)C(=O)N2NC(c3cccnc3N)CC12. The molecule has 2 aliphatic heterocycles. The van der Waals surface area contributed by atoms with E-state index in [0.717, 1.165) is 18.4 Å². The van der Waals surface area contributed by atoms with Crippen molar-refractivity contribution in [2.24, 2.45) is 5.92 Å². The van der Waals surface area contributed by atoms with E-state index in [1.807, 2.05) is 19.9 Å². The summed E-state index contributed by atoms with van der Waals surface area (Å²) in [4.78, 5) is 31.6. The molecule has 2 amide bonds. The normalized spacial score (nSPS) is 24.8. The summed E-state index contributed by atoms with van der Waals surface area (Å²) in [6, 6.07) is 3.51. The van der Waals surface area contributed by atoms with E-state index in [1.54, 1.807) is 17.2 Å². The van der Waals surface area contributed by atoms with E-state index >= 15 is 0 Å². The fourth-order valence-electron chi connectivity index (χ4n) is 3.79. The monoisotopic (exact) mass is 386 g/mol. The first-order valence-electron chi connectivity index (χ1n) is 9.67. The number of amides is 2. The summed E-state index contributed by atoms with van der Waals surface area (Å²) in [7, 11) is 0. The minimum atomic E-state index is -0.525. The van der Waals surface area contributed by atoms with Crippen LogP contribution in [0.2, 0.25) is 0 Å². The van der Waals surface area contributed by atoms with Crippen LogP contribution in [-0.2, 0) is 9.59 Å². The molecule has 0 bridgehead atoms. The summed E-state index contributed by atoms with van der Waals surface area (Å²) in [5.74, 6) is -0.673. The van der Waals surface area contributed by atoms with Crippen LogP contribution in [0.25, 0.3) is 0 Å². The molecule has 3 heterocycles. The fourth-order valence-corrected chi connectivity index (χ4v) is 3.79. The molecule has 5 N–H and O–H groups in total. The van der Waals surface area contributed by atoms with Gasteiger partial charge in [-0.1, -0.05) is 19.9 Å². The lowest BCUT2D eigenvalue weighted by Gasteiger charge is -2.40. The number of nitrogens with one attached hydrogen (secondary N) is 2. The Balaban J connectivity index is 1.66. The standard InChI is InChI=1S/C19H26N6O3/c1-10(2)9-24-14-8-13(12-4-3-7-21-16(12)20)23-25(14)19(28)15(18(24)27)17(26)22-11-5-6-11/h3-4,7,10-11,13-14,23,27H,5-6,8-9H2,1-2H3,(H2,20,21)(H,22,26). The maximum Gasteiger partial charge on any atom is 0.280 e. The number of nitrogen functional groups attached to an aromatic ring is 1. The topological polar surface area (TPSA) is 124 Å². The molecule has 0 spiro atoms. The van der Waals surface area contributed by atoms with Crippen LogP contribution < -0.4 is 16.5 Å². The second-order valence-corrected chi connectivity index (χ2v) is 8.04. The van der Waals surface area contributed by atoms with Gasteiger partial charge in [0.25, 0.3) is 11.8 Å². The van der Waals surface area contributed by atoms with Gasteiger partial charge in [0.05, 0.1) is 6.04 Å². The summed E-state index contributed by atoms with van der Waals surface area (Å²) in [5, 5.41) is 15.1. The van der Waals surface area contributed by atoms with Crippen molar-refractivity contribution in [3.05, 3.63) is 35.3 Å². The third-order valence-electron chi connectivity index (χ3n) is 5.28.